The largest absolute Gasteiger partial charge is 0.299 e. The number of hydrogen-bond acceptors (Lipinski definition) is 3. The summed E-state index contributed by atoms with van der Waals surface area (Å²) < 4.78 is 4.11. The van der Waals surface area contributed by atoms with Crippen molar-refractivity contribution in [2.24, 2.45) is 0 Å². The standard InChI is InChI=1S/C13H19N5/c1-12-9-15-18(10-12)13-3-6-16(11-13)7-8-17-5-2-4-14-17/h2,4-5,9-10,13H,3,6-8,11H2,1H3. The fraction of sp³-hybridized carbons (Fsp3) is 0.538. The van der Waals surface area contributed by atoms with E-state index >= 15 is 0 Å². The predicted octanol–water partition coefficient (Wildman–Crippen LogP) is 1.34. The molecule has 0 N–H and O–H groups in total. The lowest BCUT2D eigenvalue weighted by molar-refractivity contribution is 0.300. The van der Waals surface area contributed by atoms with Crippen molar-refractivity contribution < 1.29 is 0 Å². The van der Waals surface area contributed by atoms with Crippen molar-refractivity contribution in [2.45, 2.75) is 25.9 Å². The lowest BCUT2D eigenvalue weighted by atomic mass is 10.3. The lowest BCUT2D eigenvalue weighted by Crippen LogP contribution is -2.26. The molecule has 0 amide bonds. The molecule has 1 aliphatic heterocycles. The van der Waals surface area contributed by atoms with Gasteiger partial charge in [-0.25, -0.2) is 0 Å². The molecule has 1 atom stereocenters. The van der Waals surface area contributed by atoms with Crippen LogP contribution >= 0.6 is 0 Å². The molecule has 1 aliphatic rings. The van der Waals surface area contributed by atoms with E-state index in [9.17, 15) is 0 Å². The van der Waals surface area contributed by atoms with Crippen LogP contribution in [0, 0.1) is 6.92 Å². The highest BCUT2D eigenvalue weighted by molar-refractivity contribution is 5.01. The maximum Gasteiger partial charge on any atom is 0.0658 e. The van der Waals surface area contributed by atoms with E-state index in [-0.39, 0.29) is 0 Å². The molecule has 0 saturated carbocycles. The van der Waals surface area contributed by atoms with E-state index in [1.54, 1.807) is 0 Å². The monoisotopic (exact) mass is 245 g/mol. The van der Waals surface area contributed by atoms with Crippen LogP contribution in [0.25, 0.3) is 0 Å². The highest BCUT2D eigenvalue weighted by Crippen LogP contribution is 2.20. The normalized spacial score (nSPS) is 20.6. The fourth-order valence-corrected chi connectivity index (χ4v) is 2.54. The molecule has 0 bridgehead atoms. The molecule has 1 saturated heterocycles. The number of rotatable bonds is 4. The number of hydrogen-bond donors (Lipinski definition) is 0. The Bertz CT molecular complexity index is 487. The molecule has 0 spiro atoms. The molecule has 5 nitrogen and oxygen atoms in total. The third-order valence-electron chi connectivity index (χ3n) is 3.56. The average molecular weight is 245 g/mol. The average Bonchev–Trinajstić information content (AvgIpc) is 3.07. The van der Waals surface area contributed by atoms with Crippen molar-refractivity contribution in [2.75, 3.05) is 19.6 Å². The Labute approximate surface area is 107 Å². The Balaban J connectivity index is 1.52. The minimum atomic E-state index is 0.538. The van der Waals surface area contributed by atoms with Crippen LogP contribution in [-0.2, 0) is 6.54 Å². The second-order valence-corrected chi connectivity index (χ2v) is 5.01. The summed E-state index contributed by atoms with van der Waals surface area (Å²) in [6.07, 6.45) is 9.12. The molecule has 96 valence electrons. The summed E-state index contributed by atoms with van der Waals surface area (Å²) >= 11 is 0. The fourth-order valence-electron chi connectivity index (χ4n) is 2.54. The van der Waals surface area contributed by atoms with Gasteiger partial charge in [-0.15, -0.1) is 0 Å². The highest BCUT2D eigenvalue weighted by atomic mass is 15.3. The molecule has 0 aliphatic carbocycles. The minimum Gasteiger partial charge on any atom is -0.299 e. The second-order valence-electron chi connectivity index (χ2n) is 5.01. The first-order valence-corrected chi connectivity index (χ1v) is 6.52. The molecule has 0 aromatic carbocycles. The van der Waals surface area contributed by atoms with Gasteiger partial charge in [0.05, 0.1) is 18.8 Å². The topological polar surface area (TPSA) is 38.9 Å². The smallest absolute Gasteiger partial charge is 0.0658 e. The summed E-state index contributed by atoms with van der Waals surface area (Å²) in [7, 11) is 0. The summed E-state index contributed by atoms with van der Waals surface area (Å²) in [4.78, 5) is 2.49. The van der Waals surface area contributed by atoms with Gasteiger partial charge in [-0.1, -0.05) is 0 Å². The first-order chi connectivity index (χ1) is 8.81. The van der Waals surface area contributed by atoms with Gasteiger partial charge in [-0.2, -0.15) is 10.2 Å². The number of likely N-dealkylation sites (tertiary alicyclic amines) is 1. The van der Waals surface area contributed by atoms with Crippen LogP contribution in [0.15, 0.2) is 30.9 Å². The molecule has 3 rings (SSSR count). The SMILES string of the molecule is Cc1cnn(C2CCN(CCn3cccn3)C2)c1. The highest BCUT2D eigenvalue weighted by Gasteiger charge is 2.23. The van der Waals surface area contributed by atoms with Gasteiger partial charge in [0.25, 0.3) is 0 Å². The lowest BCUT2D eigenvalue weighted by Gasteiger charge is -2.16. The summed E-state index contributed by atoms with van der Waals surface area (Å²) in [6.45, 7) is 6.39. The summed E-state index contributed by atoms with van der Waals surface area (Å²) in [5, 5.41) is 8.64. The van der Waals surface area contributed by atoms with Crippen LogP contribution in [0.1, 0.15) is 18.0 Å². The summed E-state index contributed by atoms with van der Waals surface area (Å²) in [5.74, 6) is 0. The Kier molecular flexibility index (Phi) is 3.15. The zero-order valence-electron chi connectivity index (χ0n) is 10.7. The van der Waals surface area contributed by atoms with Crippen molar-refractivity contribution in [1.29, 1.82) is 0 Å². The number of nitrogens with zero attached hydrogens (tertiary/aromatic N) is 5. The van der Waals surface area contributed by atoms with Crippen LogP contribution in [0.5, 0.6) is 0 Å². The van der Waals surface area contributed by atoms with Crippen LogP contribution < -0.4 is 0 Å². The third-order valence-corrected chi connectivity index (χ3v) is 3.56. The maximum absolute atomic E-state index is 4.41. The molecule has 1 unspecified atom stereocenters. The van der Waals surface area contributed by atoms with Crippen LogP contribution in [-0.4, -0.2) is 44.1 Å². The zero-order chi connectivity index (χ0) is 12.4. The van der Waals surface area contributed by atoms with E-state index in [0.717, 1.165) is 26.2 Å². The molecule has 18 heavy (non-hydrogen) atoms. The number of aromatic nitrogens is 4. The minimum absolute atomic E-state index is 0.538. The molecular formula is C13H19N5. The van der Waals surface area contributed by atoms with Gasteiger partial charge >= 0.3 is 0 Å². The van der Waals surface area contributed by atoms with Gasteiger partial charge in [0, 0.05) is 38.2 Å². The maximum atomic E-state index is 4.41. The van der Waals surface area contributed by atoms with E-state index in [2.05, 4.69) is 32.9 Å². The van der Waals surface area contributed by atoms with E-state index < -0.39 is 0 Å². The quantitative estimate of drug-likeness (QED) is 0.816. The van der Waals surface area contributed by atoms with E-state index in [1.807, 2.05) is 29.3 Å². The van der Waals surface area contributed by atoms with E-state index in [0.29, 0.717) is 6.04 Å². The summed E-state index contributed by atoms with van der Waals surface area (Å²) in [6, 6.07) is 2.51. The van der Waals surface area contributed by atoms with Crippen molar-refractivity contribution in [3.63, 3.8) is 0 Å². The molecule has 3 heterocycles. The van der Waals surface area contributed by atoms with Gasteiger partial charge < -0.3 is 0 Å². The van der Waals surface area contributed by atoms with Gasteiger partial charge in [0.2, 0.25) is 0 Å². The summed E-state index contributed by atoms with van der Waals surface area (Å²) in [5.41, 5.74) is 1.24. The number of aryl methyl sites for hydroxylation is 1. The molecular weight excluding hydrogens is 226 g/mol. The van der Waals surface area contributed by atoms with Gasteiger partial charge in [-0.05, 0) is 25.0 Å². The van der Waals surface area contributed by atoms with Crippen LogP contribution in [0.4, 0.5) is 0 Å². The Morgan fingerprint density at radius 3 is 3.00 bits per heavy atom. The second kappa shape index (κ2) is 4.94. The molecule has 5 heteroatoms. The molecule has 1 fully saturated rings. The van der Waals surface area contributed by atoms with Gasteiger partial charge in [0.15, 0.2) is 0 Å². The van der Waals surface area contributed by atoms with Crippen LogP contribution in [0.3, 0.4) is 0 Å². The third kappa shape index (κ3) is 2.46. The predicted molar refractivity (Wildman–Crippen MR) is 69.3 cm³/mol. The first-order valence-electron chi connectivity index (χ1n) is 6.52. The van der Waals surface area contributed by atoms with Crippen molar-refractivity contribution in [3.05, 3.63) is 36.4 Å². The van der Waals surface area contributed by atoms with E-state index in [4.69, 9.17) is 0 Å². The zero-order valence-corrected chi connectivity index (χ0v) is 10.7. The Morgan fingerprint density at radius 1 is 1.33 bits per heavy atom. The Hall–Kier alpha value is -1.62. The molecule has 0 radical (unpaired) electrons. The van der Waals surface area contributed by atoms with Gasteiger partial charge in [0.1, 0.15) is 0 Å². The van der Waals surface area contributed by atoms with Crippen molar-refractivity contribution in [3.8, 4) is 0 Å². The van der Waals surface area contributed by atoms with E-state index in [1.165, 1.54) is 12.0 Å². The molecule has 2 aromatic rings. The van der Waals surface area contributed by atoms with Crippen LogP contribution in [0.2, 0.25) is 0 Å². The van der Waals surface area contributed by atoms with Crippen molar-refractivity contribution in [1.82, 2.24) is 24.5 Å². The Morgan fingerprint density at radius 2 is 2.28 bits per heavy atom. The van der Waals surface area contributed by atoms with Crippen molar-refractivity contribution >= 4 is 0 Å². The van der Waals surface area contributed by atoms with Gasteiger partial charge in [-0.3, -0.25) is 14.3 Å². The first kappa shape index (κ1) is 11.5. The molecule has 2 aromatic heterocycles.